The van der Waals surface area contributed by atoms with Crippen molar-refractivity contribution in [1.82, 2.24) is 4.98 Å². The number of anilines is 1. The second kappa shape index (κ2) is 6.48. The Labute approximate surface area is 141 Å². The minimum atomic E-state index is -0.562. The van der Waals surface area contributed by atoms with Crippen LogP contribution in [0.25, 0.3) is 11.3 Å². The van der Waals surface area contributed by atoms with Crippen molar-refractivity contribution in [1.29, 1.82) is 0 Å². The monoisotopic (exact) mass is 346 g/mol. The molecule has 2 aromatic carbocycles. The zero-order valence-electron chi connectivity index (χ0n) is 12.1. The van der Waals surface area contributed by atoms with Crippen LogP contribution in [-0.4, -0.2) is 10.9 Å². The van der Waals surface area contributed by atoms with Gasteiger partial charge in [-0.05, 0) is 31.2 Å². The lowest BCUT2D eigenvalue weighted by Gasteiger charge is -2.02. The van der Waals surface area contributed by atoms with Gasteiger partial charge in [0.05, 0.1) is 11.3 Å². The fourth-order valence-electron chi connectivity index (χ4n) is 2.16. The van der Waals surface area contributed by atoms with Crippen LogP contribution in [0.1, 0.15) is 15.2 Å². The summed E-state index contributed by atoms with van der Waals surface area (Å²) >= 11 is 7.34. The van der Waals surface area contributed by atoms with Crippen molar-refractivity contribution < 1.29 is 9.18 Å². The number of aryl methyl sites for hydroxylation is 1. The van der Waals surface area contributed by atoms with Gasteiger partial charge < -0.3 is 0 Å². The number of carbonyl (C=O) groups is 1. The topological polar surface area (TPSA) is 42.0 Å². The van der Waals surface area contributed by atoms with Crippen LogP contribution in [0.15, 0.2) is 48.5 Å². The summed E-state index contributed by atoms with van der Waals surface area (Å²) in [6, 6.07) is 13.2. The average molecular weight is 347 g/mol. The lowest BCUT2D eigenvalue weighted by atomic mass is 10.1. The molecule has 1 N–H and O–H groups in total. The number of hydrogen-bond acceptors (Lipinski definition) is 3. The molecule has 0 fully saturated rings. The number of carbonyl (C=O) groups excluding carboxylic acids is 1. The van der Waals surface area contributed by atoms with Crippen LogP contribution in [0.4, 0.5) is 9.52 Å². The molecule has 1 aromatic heterocycles. The Balaban J connectivity index is 1.87. The first-order chi connectivity index (χ1) is 11.0. The maximum absolute atomic E-state index is 13.6. The third-order valence-electron chi connectivity index (χ3n) is 3.23. The quantitative estimate of drug-likeness (QED) is 0.711. The summed E-state index contributed by atoms with van der Waals surface area (Å²) in [6.45, 7) is 1.91. The Bertz CT molecular complexity index is 879. The summed E-state index contributed by atoms with van der Waals surface area (Å²) in [5.74, 6) is -1.08. The van der Waals surface area contributed by atoms with E-state index in [1.807, 2.05) is 25.1 Å². The lowest BCUT2D eigenvalue weighted by Crippen LogP contribution is -2.13. The maximum atomic E-state index is 13.6. The van der Waals surface area contributed by atoms with Crippen LogP contribution in [-0.2, 0) is 0 Å². The van der Waals surface area contributed by atoms with Crippen LogP contribution < -0.4 is 5.32 Å². The number of thiazole rings is 1. The highest BCUT2D eigenvalue weighted by molar-refractivity contribution is 7.16. The van der Waals surface area contributed by atoms with Gasteiger partial charge >= 0.3 is 0 Å². The first kappa shape index (κ1) is 15.6. The van der Waals surface area contributed by atoms with E-state index in [1.165, 1.54) is 29.5 Å². The van der Waals surface area contributed by atoms with E-state index in [0.29, 0.717) is 10.2 Å². The van der Waals surface area contributed by atoms with Crippen molar-refractivity contribution in [3.8, 4) is 11.3 Å². The van der Waals surface area contributed by atoms with Crippen molar-refractivity contribution in [2.75, 3.05) is 5.32 Å². The lowest BCUT2D eigenvalue weighted by molar-refractivity contribution is 0.102. The fraction of sp³-hybridized carbons (Fsp3) is 0.0588. The Morgan fingerprint density at radius 1 is 1.22 bits per heavy atom. The van der Waals surface area contributed by atoms with E-state index in [4.69, 9.17) is 11.6 Å². The summed E-state index contributed by atoms with van der Waals surface area (Å²) in [6.07, 6.45) is 0. The molecule has 1 amide bonds. The number of amides is 1. The Kier molecular flexibility index (Phi) is 4.41. The van der Waals surface area contributed by atoms with Gasteiger partial charge in [0.25, 0.3) is 5.91 Å². The fourth-order valence-corrected chi connectivity index (χ4v) is 3.18. The van der Waals surface area contributed by atoms with Gasteiger partial charge in [-0.3, -0.25) is 10.1 Å². The molecule has 0 unspecified atom stereocenters. The molecular weight excluding hydrogens is 335 g/mol. The second-order valence-corrected chi connectivity index (χ2v) is 6.51. The molecule has 1 heterocycles. The molecule has 0 aliphatic carbocycles. The standard InChI is InChI=1S/C17H12ClFN2OS/c1-10-15(11-5-4-6-12(18)9-11)20-17(23-10)21-16(22)13-7-2-3-8-14(13)19/h2-9H,1H3,(H,20,21,22). The van der Waals surface area contributed by atoms with E-state index in [9.17, 15) is 9.18 Å². The third-order valence-corrected chi connectivity index (χ3v) is 4.35. The molecule has 0 saturated heterocycles. The van der Waals surface area contributed by atoms with E-state index in [2.05, 4.69) is 10.3 Å². The zero-order valence-corrected chi connectivity index (χ0v) is 13.7. The number of nitrogens with zero attached hydrogens (tertiary/aromatic N) is 1. The predicted octanol–water partition coefficient (Wildman–Crippen LogP) is 5.16. The van der Waals surface area contributed by atoms with Crippen LogP contribution in [0.2, 0.25) is 5.02 Å². The Morgan fingerprint density at radius 3 is 2.74 bits per heavy atom. The van der Waals surface area contributed by atoms with Gasteiger partial charge in [0.1, 0.15) is 5.82 Å². The van der Waals surface area contributed by atoms with Crippen molar-refractivity contribution in [2.24, 2.45) is 0 Å². The third kappa shape index (κ3) is 3.41. The smallest absolute Gasteiger partial charge is 0.260 e. The summed E-state index contributed by atoms with van der Waals surface area (Å²) in [5, 5.41) is 3.68. The molecule has 0 atom stereocenters. The van der Waals surface area contributed by atoms with Gasteiger partial charge in [0, 0.05) is 15.5 Å². The van der Waals surface area contributed by atoms with Crippen LogP contribution in [0, 0.1) is 12.7 Å². The maximum Gasteiger partial charge on any atom is 0.260 e. The van der Waals surface area contributed by atoms with Gasteiger partial charge in [0.2, 0.25) is 0 Å². The summed E-state index contributed by atoms with van der Waals surface area (Å²) in [5.41, 5.74) is 1.61. The first-order valence-corrected chi connectivity index (χ1v) is 8.03. The van der Waals surface area contributed by atoms with Crippen molar-refractivity contribution in [3.05, 3.63) is 69.8 Å². The molecule has 3 rings (SSSR count). The Morgan fingerprint density at radius 2 is 2.00 bits per heavy atom. The minimum absolute atomic E-state index is 0.00958. The molecule has 23 heavy (non-hydrogen) atoms. The van der Waals surface area contributed by atoms with Crippen LogP contribution in [0.5, 0.6) is 0 Å². The molecule has 0 aliphatic heterocycles. The van der Waals surface area contributed by atoms with E-state index in [1.54, 1.807) is 12.1 Å². The highest BCUT2D eigenvalue weighted by atomic mass is 35.5. The molecular formula is C17H12ClFN2OS. The van der Waals surface area contributed by atoms with Crippen LogP contribution >= 0.6 is 22.9 Å². The number of benzene rings is 2. The molecule has 0 spiro atoms. The summed E-state index contributed by atoms with van der Waals surface area (Å²) in [4.78, 5) is 17.5. The van der Waals surface area contributed by atoms with Crippen LogP contribution in [0.3, 0.4) is 0 Å². The van der Waals surface area contributed by atoms with E-state index < -0.39 is 11.7 Å². The molecule has 0 aliphatic rings. The van der Waals surface area contributed by atoms with Crippen molar-refractivity contribution in [3.63, 3.8) is 0 Å². The van der Waals surface area contributed by atoms with E-state index in [-0.39, 0.29) is 5.56 Å². The van der Waals surface area contributed by atoms with E-state index in [0.717, 1.165) is 16.1 Å². The van der Waals surface area contributed by atoms with Gasteiger partial charge in [-0.25, -0.2) is 9.37 Å². The molecule has 3 aromatic rings. The normalized spacial score (nSPS) is 10.6. The summed E-state index contributed by atoms with van der Waals surface area (Å²) in [7, 11) is 0. The number of nitrogens with one attached hydrogen (secondary N) is 1. The number of halogens is 2. The largest absolute Gasteiger partial charge is 0.298 e. The minimum Gasteiger partial charge on any atom is -0.298 e. The number of hydrogen-bond donors (Lipinski definition) is 1. The number of aromatic nitrogens is 1. The molecule has 6 heteroatoms. The van der Waals surface area contributed by atoms with Crippen molar-refractivity contribution >= 4 is 34.0 Å². The molecule has 0 bridgehead atoms. The zero-order chi connectivity index (χ0) is 16.4. The molecule has 0 saturated carbocycles. The summed E-state index contributed by atoms with van der Waals surface area (Å²) < 4.78 is 13.6. The highest BCUT2D eigenvalue weighted by Crippen LogP contribution is 2.31. The Hall–Kier alpha value is -2.24. The van der Waals surface area contributed by atoms with Gasteiger partial charge in [-0.2, -0.15) is 0 Å². The first-order valence-electron chi connectivity index (χ1n) is 6.84. The molecule has 0 radical (unpaired) electrons. The number of rotatable bonds is 3. The second-order valence-electron chi connectivity index (χ2n) is 4.87. The average Bonchev–Trinajstić information content (AvgIpc) is 2.88. The van der Waals surface area contributed by atoms with E-state index >= 15 is 0 Å². The molecule has 116 valence electrons. The SMILES string of the molecule is Cc1sc(NC(=O)c2ccccc2F)nc1-c1cccc(Cl)c1. The predicted molar refractivity (Wildman–Crippen MR) is 91.7 cm³/mol. The van der Waals surface area contributed by atoms with Gasteiger partial charge in [-0.15, -0.1) is 11.3 Å². The van der Waals surface area contributed by atoms with Crippen molar-refractivity contribution in [2.45, 2.75) is 6.92 Å². The molecule has 3 nitrogen and oxygen atoms in total. The van der Waals surface area contributed by atoms with Gasteiger partial charge in [-0.1, -0.05) is 35.9 Å². The highest BCUT2D eigenvalue weighted by Gasteiger charge is 2.15. The van der Waals surface area contributed by atoms with Gasteiger partial charge in [0.15, 0.2) is 5.13 Å².